The second kappa shape index (κ2) is 5.90. The van der Waals surface area contributed by atoms with Gasteiger partial charge in [0.2, 0.25) is 0 Å². The Labute approximate surface area is 119 Å². The van der Waals surface area contributed by atoms with E-state index in [-0.39, 0.29) is 17.8 Å². The zero-order chi connectivity index (χ0) is 15.5. The van der Waals surface area contributed by atoms with E-state index in [9.17, 15) is 18.0 Å². The van der Waals surface area contributed by atoms with Gasteiger partial charge in [0.25, 0.3) is 5.91 Å². The van der Waals surface area contributed by atoms with Gasteiger partial charge in [0.1, 0.15) is 5.76 Å². The van der Waals surface area contributed by atoms with Gasteiger partial charge in [0, 0.05) is 7.05 Å². The highest BCUT2D eigenvalue weighted by Crippen LogP contribution is 2.36. The average molecular weight is 298 g/mol. The van der Waals surface area contributed by atoms with Crippen molar-refractivity contribution < 1.29 is 22.4 Å². The summed E-state index contributed by atoms with van der Waals surface area (Å²) in [6, 6.07) is 6.77. The summed E-state index contributed by atoms with van der Waals surface area (Å²) < 4.78 is 43.7. The number of hydrogen-bond acceptors (Lipinski definition) is 3. The maximum atomic E-state index is 12.9. The van der Waals surface area contributed by atoms with Crippen LogP contribution in [0.25, 0.3) is 0 Å². The molecule has 0 unspecified atom stereocenters. The topological polar surface area (TPSA) is 54.3 Å². The van der Waals surface area contributed by atoms with Crippen molar-refractivity contribution in [3.63, 3.8) is 0 Å². The second-order valence-corrected chi connectivity index (χ2v) is 4.24. The van der Waals surface area contributed by atoms with Crippen LogP contribution in [0, 0.1) is 0 Å². The molecule has 0 saturated heterocycles. The summed E-state index contributed by atoms with van der Waals surface area (Å²) in [6.07, 6.45) is -3.08. The molecule has 0 saturated carbocycles. The summed E-state index contributed by atoms with van der Waals surface area (Å²) >= 11 is 0. The van der Waals surface area contributed by atoms with Crippen LogP contribution < -0.4 is 10.6 Å². The molecule has 0 aliphatic rings. The third kappa shape index (κ3) is 3.36. The molecule has 1 amide bonds. The SMILES string of the molecule is CNc1c(C(=O)NCc2ccco2)cccc1C(F)(F)F. The highest BCUT2D eigenvalue weighted by molar-refractivity contribution is 6.00. The molecule has 21 heavy (non-hydrogen) atoms. The summed E-state index contributed by atoms with van der Waals surface area (Å²) in [4.78, 5) is 12.0. The number of anilines is 1. The first-order chi connectivity index (χ1) is 9.93. The van der Waals surface area contributed by atoms with Crippen molar-refractivity contribution in [3.05, 3.63) is 53.5 Å². The van der Waals surface area contributed by atoms with Crippen molar-refractivity contribution in [3.8, 4) is 0 Å². The molecule has 1 heterocycles. The van der Waals surface area contributed by atoms with Crippen LogP contribution in [0.4, 0.5) is 18.9 Å². The second-order valence-electron chi connectivity index (χ2n) is 4.24. The van der Waals surface area contributed by atoms with Crippen LogP contribution in [0.2, 0.25) is 0 Å². The van der Waals surface area contributed by atoms with Crippen LogP contribution in [-0.2, 0) is 12.7 Å². The Morgan fingerprint density at radius 1 is 1.24 bits per heavy atom. The van der Waals surface area contributed by atoms with E-state index in [1.165, 1.54) is 25.4 Å². The molecule has 2 rings (SSSR count). The lowest BCUT2D eigenvalue weighted by atomic mass is 10.1. The summed E-state index contributed by atoms with van der Waals surface area (Å²) in [5.74, 6) is -0.0943. The number of nitrogens with one attached hydrogen (secondary N) is 2. The van der Waals surface area contributed by atoms with Crippen LogP contribution >= 0.6 is 0 Å². The van der Waals surface area contributed by atoms with E-state index in [2.05, 4.69) is 10.6 Å². The number of carbonyl (C=O) groups excluding carboxylic acids is 1. The molecule has 112 valence electrons. The lowest BCUT2D eigenvalue weighted by Crippen LogP contribution is -2.24. The molecule has 0 radical (unpaired) electrons. The smallest absolute Gasteiger partial charge is 0.418 e. The minimum Gasteiger partial charge on any atom is -0.467 e. The van der Waals surface area contributed by atoms with E-state index in [0.29, 0.717) is 5.76 Å². The fraction of sp³-hybridized carbons (Fsp3) is 0.214. The van der Waals surface area contributed by atoms with E-state index in [1.54, 1.807) is 12.1 Å². The minimum atomic E-state index is -4.53. The highest BCUT2D eigenvalue weighted by atomic mass is 19.4. The van der Waals surface area contributed by atoms with Crippen molar-refractivity contribution in [2.24, 2.45) is 0 Å². The third-order valence-electron chi connectivity index (χ3n) is 2.87. The van der Waals surface area contributed by atoms with Crippen molar-refractivity contribution >= 4 is 11.6 Å². The lowest BCUT2D eigenvalue weighted by Gasteiger charge is -2.16. The van der Waals surface area contributed by atoms with Crippen LogP contribution in [0.3, 0.4) is 0 Å². The minimum absolute atomic E-state index is 0.0705. The molecule has 0 spiro atoms. The van der Waals surface area contributed by atoms with Gasteiger partial charge in [-0.15, -0.1) is 0 Å². The number of alkyl halides is 3. The van der Waals surface area contributed by atoms with Gasteiger partial charge in [-0.25, -0.2) is 0 Å². The largest absolute Gasteiger partial charge is 0.467 e. The van der Waals surface area contributed by atoms with Gasteiger partial charge in [-0.2, -0.15) is 13.2 Å². The number of carbonyl (C=O) groups is 1. The quantitative estimate of drug-likeness (QED) is 0.911. The molecular weight excluding hydrogens is 285 g/mol. The Morgan fingerprint density at radius 2 is 2.00 bits per heavy atom. The Hall–Kier alpha value is -2.44. The van der Waals surface area contributed by atoms with Crippen LogP contribution in [-0.4, -0.2) is 13.0 Å². The van der Waals surface area contributed by atoms with Crippen molar-refractivity contribution in [2.75, 3.05) is 12.4 Å². The predicted molar refractivity (Wildman–Crippen MR) is 70.9 cm³/mol. The van der Waals surface area contributed by atoms with Gasteiger partial charge < -0.3 is 15.1 Å². The van der Waals surface area contributed by atoms with Crippen molar-refractivity contribution in [2.45, 2.75) is 12.7 Å². The molecular formula is C14H13F3N2O2. The number of furan rings is 1. The lowest BCUT2D eigenvalue weighted by molar-refractivity contribution is -0.136. The van der Waals surface area contributed by atoms with Gasteiger partial charge in [-0.1, -0.05) is 6.07 Å². The molecule has 2 N–H and O–H groups in total. The Kier molecular flexibility index (Phi) is 4.21. The zero-order valence-electron chi connectivity index (χ0n) is 11.1. The predicted octanol–water partition coefficient (Wildman–Crippen LogP) is 3.27. The summed E-state index contributed by atoms with van der Waals surface area (Å²) in [5.41, 5.74) is -1.20. The van der Waals surface area contributed by atoms with E-state index >= 15 is 0 Å². The van der Waals surface area contributed by atoms with E-state index in [4.69, 9.17) is 4.42 Å². The molecule has 2 aromatic rings. The molecule has 1 aromatic heterocycles. The third-order valence-corrected chi connectivity index (χ3v) is 2.87. The molecule has 7 heteroatoms. The average Bonchev–Trinajstić information content (AvgIpc) is 2.96. The fourth-order valence-electron chi connectivity index (χ4n) is 1.92. The highest BCUT2D eigenvalue weighted by Gasteiger charge is 2.34. The molecule has 0 bridgehead atoms. The van der Waals surface area contributed by atoms with Crippen LogP contribution in [0.15, 0.2) is 41.0 Å². The Balaban J connectivity index is 2.24. The van der Waals surface area contributed by atoms with Gasteiger partial charge in [-0.05, 0) is 24.3 Å². The van der Waals surface area contributed by atoms with Gasteiger partial charge in [0.05, 0.1) is 29.6 Å². The van der Waals surface area contributed by atoms with Gasteiger partial charge >= 0.3 is 6.18 Å². The van der Waals surface area contributed by atoms with Gasteiger partial charge in [0.15, 0.2) is 0 Å². The maximum absolute atomic E-state index is 12.9. The number of amides is 1. The van der Waals surface area contributed by atoms with Crippen LogP contribution in [0.5, 0.6) is 0 Å². The summed E-state index contributed by atoms with van der Waals surface area (Å²) in [7, 11) is 1.34. The van der Waals surface area contributed by atoms with E-state index < -0.39 is 17.6 Å². The monoisotopic (exact) mass is 298 g/mol. The fourth-order valence-corrected chi connectivity index (χ4v) is 1.92. The first kappa shape index (κ1) is 15.0. The molecule has 0 fully saturated rings. The number of rotatable bonds is 4. The summed E-state index contributed by atoms with van der Waals surface area (Å²) in [6.45, 7) is 0.102. The number of halogens is 3. The Bertz CT molecular complexity index is 622. The summed E-state index contributed by atoms with van der Waals surface area (Å²) in [5, 5.41) is 4.96. The van der Waals surface area contributed by atoms with Crippen molar-refractivity contribution in [1.82, 2.24) is 5.32 Å². The molecule has 0 aliphatic carbocycles. The Morgan fingerprint density at radius 3 is 2.57 bits per heavy atom. The zero-order valence-corrected chi connectivity index (χ0v) is 11.1. The normalized spacial score (nSPS) is 11.2. The molecule has 4 nitrogen and oxygen atoms in total. The first-order valence-electron chi connectivity index (χ1n) is 6.12. The number of hydrogen-bond donors (Lipinski definition) is 2. The molecule has 0 atom stereocenters. The standard InChI is InChI=1S/C14H13F3N2O2/c1-18-12-10(5-2-6-11(12)14(15,16)17)13(20)19-8-9-4-3-7-21-9/h2-7,18H,8H2,1H3,(H,19,20). The molecule has 1 aromatic carbocycles. The van der Waals surface area contributed by atoms with E-state index in [0.717, 1.165) is 6.07 Å². The number of benzene rings is 1. The number of para-hydroxylation sites is 1. The van der Waals surface area contributed by atoms with Gasteiger partial charge in [-0.3, -0.25) is 4.79 Å². The maximum Gasteiger partial charge on any atom is 0.418 e. The van der Waals surface area contributed by atoms with Crippen molar-refractivity contribution in [1.29, 1.82) is 0 Å². The van der Waals surface area contributed by atoms with E-state index in [1.807, 2.05) is 0 Å². The van der Waals surface area contributed by atoms with Crippen LogP contribution in [0.1, 0.15) is 21.7 Å². The first-order valence-corrected chi connectivity index (χ1v) is 6.12. The molecule has 0 aliphatic heterocycles.